The molecule has 1 aliphatic rings. The summed E-state index contributed by atoms with van der Waals surface area (Å²) in [6.07, 6.45) is 4.72. The third-order valence-corrected chi connectivity index (χ3v) is 7.24. The second-order valence-electron chi connectivity index (χ2n) is 9.03. The van der Waals surface area contributed by atoms with Crippen LogP contribution in [-0.4, -0.2) is 40.4 Å². The number of sulfonamides is 1. The molecule has 2 aromatic carbocycles. The highest BCUT2D eigenvalue weighted by Gasteiger charge is 2.42. The zero-order chi connectivity index (χ0) is 27.0. The zero-order valence-corrected chi connectivity index (χ0v) is 22.2. The van der Waals surface area contributed by atoms with Crippen molar-refractivity contribution < 1.29 is 18.3 Å². The molecule has 0 amide bonds. The molecule has 0 saturated carbocycles. The fraction of sp³-hybridized carbons (Fsp3) is 0.148. The van der Waals surface area contributed by atoms with E-state index in [9.17, 15) is 18.3 Å². The first-order valence-corrected chi connectivity index (χ1v) is 14.0. The van der Waals surface area contributed by atoms with Crippen LogP contribution in [0.4, 0.5) is 11.4 Å². The van der Waals surface area contributed by atoms with E-state index < -0.39 is 16.0 Å². The molecular formula is C27H25N5O4S2. The first-order valence-electron chi connectivity index (χ1n) is 11.7. The molecule has 9 nitrogen and oxygen atoms in total. The highest BCUT2D eigenvalue weighted by Crippen LogP contribution is 2.43. The number of benzene rings is 2. The number of carboxylic acids is 1. The molecule has 3 heterocycles. The Morgan fingerprint density at radius 3 is 2.55 bits per heavy atom. The lowest BCUT2D eigenvalue weighted by atomic mass is 10.00. The average molecular weight is 548 g/mol. The van der Waals surface area contributed by atoms with Gasteiger partial charge in [0.2, 0.25) is 10.0 Å². The Morgan fingerprint density at radius 2 is 1.87 bits per heavy atom. The number of hydrogen-bond acceptors (Lipinski definition) is 5. The minimum absolute atomic E-state index is 0.185. The fourth-order valence-electron chi connectivity index (χ4n) is 4.70. The van der Waals surface area contributed by atoms with Gasteiger partial charge in [0.05, 0.1) is 29.2 Å². The molecular weight excluding hydrogens is 522 g/mol. The monoisotopic (exact) mass is 547 g/mol. The van der Waals surface area contributed by atoms with E-state index in [-0.39, 0.29) is 17.6 Å². The number of anilines is 2. The number of rotatable bonds is 7. The summed E-state index contributed by atoms with van der Waals surface area (Å²) in [5.74, 6) is -1.00. The largest absolute Gasteiger partial charge is 0.478 e. The molecule has 0 radical (unpaired) electrons. The molecule has 5 rings (SSSR count). The van der Waals surface area contributed by atoms with Gasteiger partial charge in [-0.15, -0.1) is 0 Å². The van der Waals surface area contributed by atoms with Crippen LogP contribution in [-0.2, 0) is 10.0 Å². The highest BCUT2D eigenvalue weighted by atomic mass is 32.2. The molecule has 0 aliphatic carbocycles. The van der Waals surface area contributed by atoms with Crippen molar-refractivity contribution in [2.75, 3.05) is 15.9 Å². The first-order chi connectivity index (χ1) is 18.1. The number of aromatic carboxylic acids is 1. The van der Waals surface area contributed by atoms with Crippen LogP contribution < -0.4 is 14.9 Å². The Kier molecular flexibility index (Phi) is 6.64. The van der Waals surface area contributed by atoms with Crippen LogP contribution in [0.1, 0.15) is 39.4 Å². The van der Waals surface area contributed by atoms with Crippen molar-refractivity contribution in [2.24, 2.45) is 0 Å². The van der Waals surface area contributed by atoms with Gasteiger partial charge in [0, 0.05) is 29.5 Å². The molecule has 194 valence electrons. The molecule has 1 saturated heterocycles. The van der Waals surface area contributed by atoms with Gasteiger partial charge in [0.25, 0.3) is 0 Å². The van der Waals surface area contributed by atoms with E-state index >= 15 is 0 Å². The SMILES string of the molecule is Cc1cc(N2C(=S)N[C@@H](c3ccccn3)[C@H]2c2cccn2-c2cccc(C(=O)O)c2)ccc1NS(C)(=O)=O. The van der Waals surface area contributed by atoms with Crippen molar-refractivity contribution in [1.29, 1.82) is 0 Å². The Hall–Kier alpha value is -4.22. The summed E-state index contributed by atoms with van der Waals surface area (Å²) in [4.78, 5) is 18.2. The zero-order valence-electron chi connectivity index (χ0n) is 20.6. The lowest BCUT2D eigenvalue weighted by molar-refractivity contribution is 0.0697. The second kappa shape index (κ2) is 9.92. The molecule has 2 atom stereocenters. The van der Waals surface area contributed by atoms with Crippen LogP contribution in [0.2, 0.25) is 0 Å². The van der Waals surface area contributed by atoms with Gasteiger partial charge in [-0.1, -0.05) is 12.1 Å². The maximum Gasteiger partial charge on any atom is 0.335 e. The van der Waals surface area contributed by atoms with Crippen LogP contribution in [0.5, 0.6) is 0 Å². The van der Waals surface area contributed by atoms with Crippen LogP contribution >= 0.6 is 12.2 Å². The molecule has 4 aromatic rings. The summed E-state index contributed by atoms with van der Waals surface area (Å²) >= 11 is 5.82. The van der Waals surface area contributed by atoms with Gasteiger partial charge in [0.15, 0.2) is 5.11 Å². The predicted molar refractivity (Wildman–Crippen MR) is 150 cm³/mol. The molecule has 0 spiro atoms. The quantitative estimate of drug-likeness (QED) is 0.291. The number of carboxylic acid groups (broad SMARTS) is 1. The van der Waals surface area contributed by atoms with Gasteiger partial charge in [-0.3, -0.25) is 9.71 Å². The lowest BCUT2D eigenvalue weighted by Gasteiger charge is -2.29. The van der Waals surface area contributed by atoms with Gasteiger partial charge in [-0.25, -0.2) is 13.2 Å². The Balaban J connectivity index is 1.64. The Morgan fingerprint density at radius 1 is 1.05 bits per heavy atom. The normalized spacial score (nSPS) is 17.3. The molecule has 0 bridgehead atoms. The van der Waals surface area contributed by atoms with E-state index in [4.69, 9.17) is 12.2 Å². The molecule has 2 aromatic heterocycles. The van der Waals surface area contributed by atoms with Crippen molar-refractivity contribution in [3.63, 3.8) is 0 Å². The van der Waals surface area contributed by atoms with E-state index in [0.717, 1.165) is 28.9 Å². The average Bonchev–Trinajstić information content (AvgIpc) is 3.49. The van der Waals surface area contributed by atoms with Crippen molar-refractivity contribution in [2.45, 2.75) is 19.0 Å². The Labute approximate surface area is 225 Å². The van der Waals surface area contributed by atoms with Gasteiger partial charge >= 0.3 is 5.97 Å². The standard InChI is InChI=1S/C27H25N5O4S2/c1-17-15-20(11-12-21(17)30-38(2,35)36)32-25(24(29-27(32)37)22-9-3-4-13-28-22)23-10-6-14-31(23)19-8-5-7-18(16-19)26(33)34/h3-16,24-25,30H,1-2H3,(H,29,37)(H,33,34)/t24-,25+/m0/s1. The van der Waals surface area contributed by atoms with Crippen molar-refractivity contribution in [3.05, 3.63) is 108 Å². The van der Waals surface area contributed by atoms with Crippen molar-refractivity contribution in [3.8, 4) is 5.69 Å². The number of nitrogens with zero attached hydrogens (tertiary/aromatic N) is 3. The molecule has 1 fully saturated rings. The number of thiocarbonyl (C=S) groups is 1. The van der Waals surface area contributed by atoms with E-state index in [1.54, 1.807) is 30.5 Å². The predicted octanol–water partition coefficient (Wildman–Crippen LogP) is 4.43. The van der Waals surface area contributed by atoms with Crippen molar-refractivity contribution >= 4 is 44.7 Å². The topological polar surface area (TPSA) is 117 Å². The fourth-order valence-corrected chi connectivity index (χ4v) is 5.68. The van der Waals surface area contributed by atoms with E-state index in [1.165, 1.54) is 0 Å². The number of pyridine rings is 1. The molecule has 0 unspecified atom stereocenters. The van der Waals surface area contributed by atoms with Crippen LogP contribution in [0, 0.1) is 6.92 Å². The summed E-state index contributed by atoms with van der Waals surface area (Å²) in [5, 5.41) is 13.4. The molecule has 1 aliphatic heterocycles. The third-order valence-electron chi connectivity index (χ3n) is 6.34. The summed E-state index contributed by atoms with van der Waals surface area (Å²) in [7, 11) is -3.43. The van der Waals surface area contributed by atoms with Crippen LogP contribution in [0.15, 0.2) is 85.2 Å². The molecule has 11 heteroatoms. The minimum atomic E-state index is -3.43. The molecule has 3 N–H and O–H groups in total. The second-order valence-corrected chi connectivity index (χ2v) is 11.2. The number of aromatic nitrogens is 2. The van der Waals surface area contributed by atoms with E-state index in [1.807, 2.05) is 71.1 Å². The lowest BCUT2D eigenvalue weighted by Crippen LogP contribution is -2.30. The van der Waals surface area contributed by atoms with Gasteiger partial charge in [-0.05, 0) is 85.4 Å². The summed E-state index contributed by atoms with van der Waals surface area (Å²) in [5.41, 5.74) is 4.54. The maximum atomic E-state index is 11.8. The van der Waals surface area contributed by atoms with Crippen LogP contribution in [0.25, 0.3) is 5.69 Å². The highest BCUT2D eigenvalue weighted by molar-refractivity contribution is 7.92. The van der Waals surface area contributed by atoms with Crippen molar-refractivity contribution in [1.82, 2.24) is 14.9 Å². The third kappa shape index (κ3) is 4.98. The Bertz CT molecular complexity index is 1640. The number of hydrogen-bond donors (Lipinski definition) is 3. The minimum Gasteiger partial charge on any atom is -0.478 e. The van der Waals surface area contributed by atoms with Gasteiger partial charge < -0.3 is 19.9 Å². The number of aryl methyl sites for hydroxylation is 1. The summed E-state index contributed by atoms with van der Waals surface area (Å²) in [6.45, 7) is 1.83. The van der Waals surface area contributed by atoms with E-state index in [0.29, 0.717) is 16.5 Å². The van der Waals surface area contributed by atoms with Gasteiger partial charge in [-0.2, -0.15) is 0 Å². The smallest absolute Gasteiger partial charge is 0.335 e. The maximum absolute atomic E-state index is 11.8. The van der Waals surface area contributed by atoms with E-state index in [2.05, 4.69) is 15.0 Å². The summed E-state index contributed by atoms with van der Waals surface area (Å²) < 4.78 is 28.1. The number of nitrogens with one attached hydrogen (secondary N) is 2. The van der Waals surface area contributed by atoms with Gasteiger partial charge in [0.1, 0.15) is 6.04 Å². The number of carbonyl (C=O) groups is 1. The molecule has 38 heavy (non-hydrogen) atoms. The summed E-state index contributed by atoms with van der Waals surface area (Å²) in [6, 6.07) is 21.1. The van der Waals surface area contributed by atoms with Crippen LogP contribution in [0.3, 0.4) is 0 Å². The first kappa shape index (κ1) is 25.4.